The second kappa shape index (κ2) is 8.80. The molecular formula is C25H32ClN. The molecule has 27 heavy (non-hydrogen) atoms. The van der Waals surface area contributed by atoms with Gasteiger partial charge in [-0.05, 0) is 79.7 Å². The zero-order chi connectivity index (χ0) is 18.6. The third-order valence-electron chi connectivity index (χ3n) is 6.81. The van der Waals surface area contributed by atoms with E-state index in [-0.39, 0.29) is 0 Å². The number of hydrogen-bond donors (Lipinski definition) is 0. The minimum Gasteiger partial charge on any atom is -0.296 e. The summed E-state index contributed by atoms with van der Waals surface area (Å²) in [4.78, 5) is 2.80. The molecule has 2 aromatic rings. The summed E-state index contributed by atoms with van der Waals surface area (Å²) in [6, 6.07) is 20.3. The number of hydrogen-bond acceptors (Lipinski definition) is 1. The third kappa shape index (κ3) is 4.58. The highest BCUT2D eigenvalue weighted by Crippen LogP contribution is 2.43. The van der Waals surface area contributed by atoms with Crippen LogP contribution in [0.5, 0.6) is 0 Å². The summed E-state index contributed by atoms with van der Waals surface area (Å²) < 4.78 is 0. The van der Waals surface area contributed by atoms with Crippen LogP contribution in [0.1, 0.15) is 68.5 Å². The molecule has 0 radical (unpaired) electrons. The van der Waals surface area contributed by atoms with E-state index in [1.165, 1.54) is 62.7 Å². The minimum absolute atomic E-state index is 0.589. The Balaban J connectivity index is 1.46. The SMILES string of the molecule is CC(CC1CCCN(C(c2ccc(Cl)cc2)C2CCC2)C1)c1ccccc1. The first kappa shape index (κ1) is 19.0. The van der Waals surface area contributed by atoms with Crippen molar-refractivity contribution in [1.29, 1.82) is 0 Å². The second-order valence-corrected chi connectivity index (χ2v) is 9.17. The molecule has 0 spiro atoms. The molecule has 1 nitrogen and oxygen atoms in total. The van der Waals surface area contributed by atoms with Gasteiger partial charge < -0.3 is 0 Å². The van der Waals surface area contributed by atoms with Crippen LogP contribution in [0.4, 0.5) is 0 Å². The van der Waals surface area contributed by atoms with Crippen molar-refractivity contribution in [3.05, 3.63) is 70.7 Å². The predicted octanol–water partition coefficient (Wildman–Crippen LogP) is 7.09. The first-order valence-electron chi connectivity index (χ1n) is 10.7. The van der Waals surface area contributed by atoms with Gasteiger partial charge in [-0.3, -0.25) is 4.90 Å². The van der Waals surface area contributed by atoms with Crippen LogP contribution in [0.2, 0.25) is 5.02 Å². The van der Waals surface area contributed by atoms with Crippen molar-refractivity contribution in [2.45, 2.75) is 57.4 Å². The lowest BCUT2D eigenvalue weighted by Gasteiger charge is -2.45. The minimum atomic E-state index is 0.589. The van der Waals surface area contributed by atoms with Gasteiger partial charge in [0.25, 0.3) is 0 Å². The predicted molar refractivity (Wildman–Crippen MR) is 115 cm³/mol. The number of benzene rings is 2. The van der Waals surface area contributed by atoms with Gasteiger partial charge in [-0.1, -0.05) is 67.4 Å². The summed E-state index contributed by atoms with van der Waals surface area (Å²) in [7, 11) is 0. The summed E-state index contributed by atoms with van der Waals surface area (Å²) in [5.41, 5.74) is 2.96. The molecule has 2 aliphatic rings. The number of nitrogens with zero attached hydrogens (tertiary/aromatic N) is 1. The topological polar surface area (TPSA) is 3.24 Å². The molecule has 1 heterocycles. The van der Waals surface area contributed by atoms with Gasteiger partial charge in [-0.25, -0.2) is 0 Å². The fourth-order valence-corrected chi connectivity index (χ4v) is 5.28. The Morgan fingerprint density at radius 2 is 1.67 bits per heavy atom. The number of piperidine rings is 1. The van der Waals surface area contributed by atoms with Crippen LogP contribution in [0, 0.1) is 11.8 Å². The van der Waals surface area contributed by atoms with E-state index in [2.05, 4.69) is 66.4 Å². The maximum absolute atomic E-state index is 6.15. The van der Waals surface area contributed by atoms with E-state index < -0.39 is 0 Å². The van der Waals surface area contributed by atoms with Crippen molar-refractivity contribution in [3.8, 4) is 0 Å². The smallest absolute Gasteiger partial charge is 0.0406 e. The summed E-state index contributed by atoms with van der Waals surface area (Å²) in [5, 5.41) is 0.847. The Hall–Kier alpha value is -1.31. The molecule has 0 aromatic heterocycles. The van der Waals surface area contributed by atoms with E-state index in [1.807, 2.05) is 0 Å². The maximum Gasteiger partial charge on any atom is 0.0406 e. The van der Waals surface area contributed by atoms with Crippen LogP contribution < -0.4 is 0 Å². The van der Waals surface area contributed by atoms with Crippen LogP contribution in [0.3, 0.4) is 0 Å². The van der Waals surface area contributed by atoms with E-state index in [1.54, 1.807) is 0 Å². The average molecular weight is 382 g/mol. The van der Waals surface area contributed by atoms with Crippen LogP contribution >= 0.6 is 11.6 Å². The molecule has 0 N–H and O–H groups in total. The van der Waals surface area contributed by atoms with Gasteiger partial charge in [-0.15, -0.1) is 0 Å². The Morgan fingerprint density at radius 1 is 0.926 bits per heavy atom. The zero-order valence-electron chi connectivity index (χ0n) is 16.5. The normalized spacial score (nSPS) is 23.6. The molecule has 1 saturated carbocycles. The van der Waals surface area contributed by atoms with Gasteiger partial charge in [0.05, 0.1) is 0 Å². The lowest BCUT2D eigenvalue weighted by atomic mass is 9.75. The van der Waals surface area contributed by atoms with Crippen LogP contribution in [0.15, 0.2) is 54.6 Å². The van der Waals surface area contributed by atoms with Crippen molar-refractivity contribution in [1.82, 2.24) is 4.90 Å². The molecule has 3 atom stereocenters. The van der Waals surface area contributed by atoms with E-state index in [0.717, 1.165) is 16.9 Å². The van der Waals surface area contributed by atoms with Gasteiger partial charge in [-0.2, -0.15) is 0 Å². The molecule has 1 aliphatic carbocycles. The van der Waals surface area contributed by atoms with Crippen molar-refractivity contribution >= 4 is 11.6 Å². The second-order valence-electron chi connectivity index (χ2n) is 8.74. The highest BCUT2D eigenvalue weighted by molar-refractivity contribution is 6.30. The monoisotopic (exact) mass is 381 g/mol. The van der Waals surface area contributed by atoms with Crippen LogP contribution in [-0.2, 0) is 0 Å². The highest BCUT2D eigenvalue weighted by Gasteiger charge is 2.35. The van der Waals surface area contributed by atoms with Gasteiger partial charge in [0.2, 0.25) is 0 Å². The van der Waals surface area contributed by atoms with Gasteiger partial charge >= 0.3 is 0 Å². The molecule has 1 aliphatic heterocycles. The summed E-state index contributed by atoms with van der Waals surface area (Å²) in [6.07, 6.45) is 8.19. The van der Waals surface area contributed by atoms with Crippen LogP contribution in [-0.4, -0.2) is 18.0 Å². The van der Waals surface area contributed by atoms with Crippen molar-refractivity contribution in [2.24, 2.45) is 11.8 Å². The lowest BCUT2D eigenvalue weighted by molar-refractivity contribution is 0.0528. The fourth-order valence-electron chi connectivity index (χ4n) is 5.16. The fraction of sp³-hybridized carbons (Fsp3) is 0.520. The molecular weight excluding hydrogens is 350 g/mol. The number of likely N-dealkylation sites (tertiary alicyclic amines) is 1. The van der Waals surface area contributed by atoms with E-state index in [0.29, 0.717) is 12.0 Å². The van der Waals surface area contributed by atoms with E-state index in [4.69, 9.17) is 11.6 Å². The summed E-state index contributed by atoms with van der Waals surface area (Å²) in [6.45, 7) is 4.90. The molecule has 2 heteroatoms. The highest BCUT2D eigenvalue weighted by atomic mass is 35.5. The number of rotatable bonds is 6. The van der Waals surface area contributed by atoms with Crippen molar-refractivity contribution < 1.29 is 0 Å². The average Bonchev–Trinajstić information content (AvgIpc) is 2.66. The Kier molecular flexibility index (Phi) is 6.20. The van der Waals surface area contributed by atoms with E-state index >= 15 is 0 Å². The van der Waals surface area contributed by atoms with Gasteiger partial charge in [0.1, 0.15) is 0 Å². The molecule has 0 amide bonds. The van der Waals surface area contributed by atoms with Gasteiger partial charge in [0.15, 0.2) is 0 Å². The standard InChI is InChI=1S/C25H32ClN/c1-19(21-8-3-2-4-9-21)17-20-7-6-16-27(18-20)25(22-10-5-11-22)23-12-14-24(26)15-13-23/h2-4,8-9,12-15,19-20,22,25H,5-7,10-11,16-18H2,1H3. The van der Waals surface area contributed by atoms with Gasteiger partial charge in [0, 0.05) is 17.6 Å². The summed E-state index contributed by atoms with van der Waals surface area (Å²) >= 11 is 6.15. The van der Waals surface area contributed by atoms with E-state index in [9.17, 15) is 0 Å². The zero-order valence-corrected chi connectivity index (χ0v) is 17.2. The Bertz CT molecular complexity index is 707. The first-order chi connectivity index (χ1) is 13.2. The van der Waals surface area contributed by atoms with Crippen molar-refractivity contribution in [2.75, 3.05) is 13.1 Å². The molecule has 3 unspecified atom stereocenters. The first-order valence-corrected chi connectivity index (χ1v) is 11.1. The Morgan fingerprint density at radius 3 is 2.33 bits per heavy atom. The largest absolute Gasteiger partial charge is 0.296 e. The van der Waals surface area contributed by atoms with Crippen molar-refractivity contribution in [3.63, 3.8) is 0 Å². The molecule has 2 fully saturated rings. The lowest BCUT2D eigenvalue weighted by Crippen LogP contribution is -2.42. The van der Waals surface area contributed by atoms with Crippen LogP contribution in [0.25, 0.3) is 0 Å². The molecule has 2 aromatic carbocycles. The maximum atomic E-state index is 6.15. The molecule has 1 saturated heterocycles. The quantitative estimate of drug-likeness (QED) is 0.516. The molecule has 0 bridgehead atoms. The number of halogens is 1. The summed E-state index contributed by atoms with van der Waals surface area (Å²) in [5.74, 6) is 2.29. The Labute approximate surface area is 169 Å². The third-order valence-corrected chi connectivity index (χ3v) is 7.06. The molecule has 4 rings (SSSR count). The molecule has 144 valence electrons.